The molecule has 3 heteroatoms. The van der Waals surface area contributed by atoms with Gasteiger partial charge in [-0.3, -0.25) is 4.98 Å². The first kappa shape index (κ1) is 13.8. The van der Waals surface area contributed by atoms with E-state index in [1.165, 1.54) is 0 Å². The van der Waals surface area contributed by atoms with E-state index in [4.69, 9.17) is 4.74 Å². The lowest BCUT2D eigenvalue weighted by Crippen LogP contribution is -2.11. The van der Waals surface area contributed by atoms with Crippen LogP contribution in [0.3, 0.4) is 0 Å². The molecule has 2 rings (SSSR count). The molecule has 0 fully saturated rings. The van der Waals surface area contributed by atoms with E-state index in [-0.39, 0.29) is 0 Å². The van der Waals surface area contributed by atoms with Gasteiger partial charge in [-0.2, -0.15) is 0 Å². The molecule has 19 heavy (non-hydrogen) atoms. The highest BCUT2D eigenvalue weighted by molar-refractivity contribution is 5.80. The van der Waals surface area contributed by atoms with Crippen molar-refractivity contribution in [3.05, 3.63) is 36.0 Å². The molecule has 0 aliphatic carbocycles. The molecule has 0 aliphatic rings. The number of pyridine rings is 1. The topological polar surface area (TPSA) is 34.1 Å². The number of benzene rings is 1. The third-order valence-corrected chi connectivity index (χ3v) is 2.93. The average Bonchev–Trinajstić information content (AvgIpc) is 2.42. The average molecular weight is 258 g/mol. The second kappa shape index (κ2) is 6.53. The normalized spacial score (nSPS) is 11.2. The van der Waals surface area contributed by atoms with Gasteiger partial charge in [-0.05, 0) is 37.2 Å². The molecule has 0 unspecified atom stereocenters. The third kappa shape index (κ3) is 3.93. The minimum Gasteiger partial charge on any atom is -0.493 e. The minimum atomic E-state index is 0.540. The zero-order valence-corrected chi connectivity index (χ0v) is 11.9. The summed E-state index contributed by atoms with van der Waals surface area (Å²) in [4.78, 5) is 4.65. The molecule has 102 valence electrons. The Balaban J connectivity index is 2.15. The van der Waals surface area contributed by atoms with Crippen LogP contribution >= 0.6 is 0 Å². The van der Waals surface area contributed by atoms with Gasteiger partial charge in [-0.15, -0.1) is 0 Å². The summed E-state index contributed by atoms with van der Waals surface area (Å²) in [6.07, 6.45) is 0.956. The van der Waals surface area contributed by atoms with Crippen molar-refractivity contribution in [2.75, 3.05) is 20.2 Å². The lowest BCUT2D eigenvalue weighted by molar-refractivity contribution is 0.271. The van der Waals surface area contributed by atoms with Crippen LogP contribution in [0.5, 0.6) is 5.75 Å². The molecular weight excluding hydrogens is 236 g/mol. The Labute approximate surface area is 115 Å². The van der Waals surface area contributed by atoms with Crippen LogP contribution in [0.25, 0.3) is 10.9 Å². The molecule has 3 nitrogen and oxygen atoms in total. The summed E-state index contributed by atoms with van der Waals surface area (Å²) in [5.74, 6) is 1.46. The van der Waals surface area contributed by atoms with Crippen molar-refractivity contribution in [3.63, 3.8) is 0 Å². The second-order valence-corrected chi connectivity index (χ2v) is 5.22. The van der Waals surface area contributed by atoms with Crippen molar-refractivity contribution < 1.29 is 4.74 Å². The lowest BCUT2D eigenvalue weighted by atomic mass is 10.1. The highest BCUT2D eigenvalue weighted by Gasteiger charge is 2.02. The molecule has 2 aromatic rings. The van der Waals surface area contributed by atoms with Crippen LogP contribution in [0.1, 0.15) is 19.5 Å². The molecule has 0 atom stereocenters. The summed E-state index contributed by atoms with van der Waals surface area (Å²) < 4.78 is 5.73. The number of nitrogens with zero attached hydrogens (tertiary/aromatic N) is 1. The molecule has 0 saturated heterocycles. The molecule has 1 heterocycles. The summed E-state index contributed by atoms with van der Waals surface area (Å²) in [6, 6.07) is 10.3. The first-order valence-electron chi connectivity index (χ1n) is 6.86. The monoisotopic (exact) mass is 258 g/mol. The van der Waals surface area contributed by atoms with Crippen molar-refractivity contribution in [2.24, 2.45) is 5.92 Å². The molecule has 1 aromatic carbocycles. The van der Waals surface area contributed by atoms with Crippen molar-refractivity contribution in [3.8, 4) is 5.75 Å². The highest BCUT2D eigenvalue weighted by atomic mass is 16.5. The van der Waals surface area contributed by atoms with E-state index in [1.54, 1.807) is 0 Å². The van der Waals surface area contributed by atoms with Gasteiger partial charge in [0.1, 0.15) is 5.75 Å². The molecule has 0 amide bonds. The van der Waals surface area contributed by atoms with Crippen LogP contribution in [0.4, 0.5) is 0 Å². The van der Waals surface area contributed by atoms with E-state index in [0.29, 0.717) is 5.92 Å². The van der Waals surface area contributed by atoms with Crippen LogP contribution in [-0.4, -0.2) is 25.2 Å². The zero-order valence-electron chi connectivity index (χ0n) is 11.9. The molecule has 0 spiro atoms. The number of hydrogen-bond acceptors (Lipinski definition) is 3. The maximum absolute atomic E-state index is 5.73. The van der Waals surface area contributed by atoms with Crippen molar-refractivity contribution >= 4 is 10.9 Å². The van der Waals surface area contributed by atoms with Crippen LogP contribution in [0.2, 0.25) is 0 Å². The van der Waals surface area contributed by atoms with E-state index >= 15 is 0 Å². The smallest absolute Gasteiger partial charge is 0.120 e. The van der Waals surface area contributed by atoms with Crippen molar-refractivity contribution in [2.45, 2.75) is 20.3 Å². The second-order valence-electron chi connectivity index (χ2n) is 5.22. The Morgan fingerprint density at radius 3 is 2.79 bits per heavy atom. The number of fused-ring (bicyclic) bond motifs is 1. The fourth-order valence-corrected chi connectivity index (χ4v) is 1.89. The van der Waals surface area contributed by atoms with E-state index in [2.05, 4.69) is 42.3 Å². The summed E-state index contributed by atoms with van der Waals surface area (Å²) in [6.45, 7) is 6.00. The quantitative estimate of drug-likeness (QED) is 0.864. The van der Waals surface area contributed by atoms with Gasteiger partial charge in [0.15, 0.2) is 0 Å². The number of aromatic nitrogens is 1. The Morgan fingerprint density at radius 1 is 1.21 bits per heavy atom. The molecule has 0 saturated carbocycles. The highest BCUT2D eigenvalue weighted by Crippen LogP contribution is 2.20. The van der Waals surface area contributed by atoms with Gasteiger partial charge in [-0.25, -0.2) is 0 Å². The first-order valence-corrected chi connectivity index (χ1v) is 6.86. The summed E-state index contributed by atoms with van der Waals surface area (Å²) in [5.41, 5.74) is 2.16. The predicted molar refractivity (Wildman–Crippen MR) is 79.7 cm³/mol. The Bertz CT molecular complexity index is 537. The van der Waals surface area contributed by atoms with Crippen LogP contribution in [-0.2, 0) is 6.42 Å². The number of hydrogen-bond donors (Lipinski definition) is 1. The van der Waals surface area contributed by atoms with Crippen LogP contribution in [0, 0.1) is 5.92 Å². The third-order valence-electron chi connectivity index (χ3n) is 2.93. The fraction of sp³-hybridized carbons (Fsp3) is 0.438. The van der Waals surface area contributed by atoms with Gasteiger partial charge in [0, 0.05) is 24.0 Å². The summed E-state index contributed by atoms with van der Waals surface area (Å²) >= 11 is 0. The maximum atomic E-state index is 5.73. The zero-order chi connectivity index (χ0) is 13.7. The van der Waals surface area contributed by atoms with Gasteiger partial charge in [-0.1, -0.05) is 19.9 Å². The summed E-state index contributed by atoms with van der Waals surface area (Å²) in [7, 11) is 1.96. The molecule has 0 bridgehead atoms. The minimum absolute atomic E-state index is 0.540. The lowest BCUT2D eigenvalue weighted by Gasteiger charge is -2.09. The van der Waals surface area contributed by atoms with Gasteiger partial charge in [0.2, 0.25) is 0 Å². The van der Waals surface area contributed by atoms with Crippen LogP contribution in [0.15, 0.2) is 30.3 Å². The van der Waals surface area contributed by atoms with E-state index in [1.807, 2.05) is 19.2 Å². The summed E-state index contributed by atoms with van der Waals surface area (Å²) in [5, 5.41) is 4.27. The molecule has 0 radical (unpaired) electrons. The Hall–Kier alpha value is -1.61. The number of nitrogens with one attached hydrogen (secondary N) is 1. The maximum Gasteiger partial charge on any atom is 0.120 e. The standard InChI is InChI=1S/C16H22N2O/c1-12(2)11-19-15-6-7-16-13(10-15)4-5-14(18-16)8-9-17-3/h4-7,10,12,17H,8-9,11H2,1-3H3. The van der Waals surface area contributed by atoms with Crippen molar-refractivity contribution in [1.29, 1.82) is 0 Å². The fourth-order valence-electron chi connectivity index (χ4n) is 1.89. The van der Waals surface area contributed by atoms with E-state index in [0.717, 1.165) is 41.9 Å². The van der Waals surface area contributed by atoms with Gasteiger partial charge in [0.05, 0.1) is 12.1 Å². The van der Waals surface area contributed by atoms with Crippen molar-refractivity contribution in [1.82, 2.24) is 10.3 Å². The predicted octanol–water partition coefficient (Wildman–Crippen LogP) is 3.03. The SMILES string of the molecule is CNCCc1ccc2cc(OCC(C)C)ccc2n1. The largest absolute Gasteiger partial charge is 0.493 e. The molecule has 1 N–H and O–H groups in total. The van der Waals surface area contributed by atoms with E-state index in [9.17, 15) is 0 Å². The Morgan fingerprint density at radius 2 is 2.05 bits per heavy atom. The molecule has 0 aliphatic heterocycles. The van der Waals surface area contributed by atoms with Crippen LogP contribution < -0.4 is 10.1 Å². The van der Waals surface area contributed by atoms with E-state index < -0.39 is 0 Å². The molecule has 1 aromatic heterocycles. The van der Waals surface area contributed by atoms with Gasteiger partial charge < -0.3 is 10.1 Å². The number of rotatable bonds is 6. The number of likely N-dealkylation sites (N-methyl/N-ethyl adjacent to an activating group) is 1. The first-order chi connectivity index (χ1) is 9.19. The van der Waals surface area contributed by atoms with Gasteiger partial charge in [0.25, 0.3) is 0 Å². The number of ether oxygens (including phenoxy) is 1. The Kier molecular flexibility index (Phi) is 4.74. The van der Waals surface area contributed by atoms with Gasteiger partial charge >= 0.3 is 0 Å². The molecular formula is C16H22N2O.